The van der Waals surface area contributed by atoms with E-state index in [1.165, 1.54) is 0 Å². The molecule has 0 heterocycles. The zero-order valence-electron chi connectivity index (χ0n) is 6.87. The number of hydrogen-bond donors (Lipinski definition) is 0. The Labute approximate surface area is 104 Å². The van der Waals surface area contributed by atoms with Gasteiger partial charge in [0.25, 0.3) is 0 Å². The van der Waals surface area contributed by atoms with Crippen LogP contribution in [-0.2, 0) is 40.3 Å². The Morgan fingerprint density at radius 1 is 0.647 bits per heavy atom. The molecule has 1 radical (unpaired) electrons. The van der Waals surface area contributed by atoms with E-state index in [4.69, 9.17) is 25.9 Å². The van der Waals surface area contributed by atoms with E-state index >= 15 is 0 Å². The summed E-state index contributed by atoms with van der Waals surface area (Å²) in [5, 5.41) is 0. The van der Waals surface area contributed by atoms with E-state index in [0.29, 0.717) is 0 Å². The maximum atomic E-state index is 10.7. The van der Waals surface area contributed by atoms with E-state index in [1.807, 2.05) is 0 Å². The van der Waals surface area contributed by atoms with Crippen molar-refractivity contribution in [1.82, 2.24) is 0 Å². The summed E-state index contributed by atoms with van der Waals surface area (Å²) in [5.41, 5.74) is -11.3. The van der Waals surface area contributed by atoms with Gasteiger partial charge >= 0.3 is 11.0 Å². The van der Waals surface area contributed by atoms with Gasteiger partial charge in [-0.3, -0.25) is 0 Å². The van der Waals surface area contributed by atoms with Gasteiger partial charge in [0.2, 0.25) is 0 Å². The molecule has 0 aromatic carbocycles. The van der Waals surface area contributed by atoms with Gasteiger partial charge in [0, 0.05) is 20.1 Å². The molecule has 0 aromatic heterocycles. The fourth-order valence-corrected chi connectivity index (χ4v) is 0. The molecule has 0 unspecified atom stereocenters. The third-order valence-corrected chi connectivity index (χ3v) is 1.70. The molecule has 0 aromatic rings. The fourth-order valence-electron chi connectivity index (χ4n) is 0. The van der Waals surface area contributed by atoms with Crippen molar-refractivity contribution in [2.75, 3.05) is 0 Å². The second-order valence-electron chi connectivity index (χ2n) is 1.80. The third-order valence-electron chi connectivity index (χ3n) is 0.567. The van der Waals surface area contributed by atoms with Gasteiger partial charge in [-0.25, -0.2) is 16.8 Å². The summed E-state index contributed by atoms with van der Waals surface area (Å²) in [6.45, 7) is 0. The smallest absolute Gasteiger partial charge is 0.485 e. The molecule has 0 atom stereocenters. The third kappa shape index (κ3) is 9.72. The van der Waals surface area contributed by atoms with Crippen LogP contribution in [-0.4, -0.2) is 37.0 Å². The molecule has 0 bridgehead atoms. The van der Waals surface area contributed by atoms with Gasteiger partial charge in [-0.05, 0) is 0 Å². The molecular weight excluding hydrogens is 490 g/mol. The zero-order chi connectivity index (χ0) is 14.0. The predicted octanol–water partition coefficient (Wildman–Crippen LogP) is 0.100. The van der Waals surface area contributed by atoms with Crippen molar-refractivity contribution >= 4 is 20.2 Å². The van der Waals surface area contributed by atoms with E-state index in [1.54, 1.807) is 0 Å². The second kappa shape index (κ2) is 6.28. The van der Waals surface area contributed by atoms with E-state index in [9.17, 15) is 26.3 Å². The molecule has 0 rings (SSSR count). The summed E-state index contributed by atoms with van der Waals surface area (Å²) in [5.74, 6) is 0. The molecule has 15 heteroatoms. The van der Waals surface area contributed by atoms with Crippen LogP contribution >= 0.6 is 0 Å². The molecule has 0 amide bonds. The summed E-state index contributed by atoms with van der Waals surface area (Å²) in [6, 6.07) is 0. The van der Waals surface area contributed by atoms with Crippen LogP contribution in [0.5, 0.6) is 0 Å². The van der Waals surface area contributed by atoms with Crippen molar-refractivity contribution in [2.45, 2.75) is 11.0 Å². The minimum Gasteiger partial charge on any atom is -0.741 e. The topological polar surface area (TPSA) is 114 Å². The average molecular weight is 490 g/mol. The largest absolute Gasteiger partial charge is 0.741 e. The van der Waals surface area contributed by atoms with Crippen molar-refractivity contribution in [3.05, 3.63) is 0 Å². The maximum Gasteiger partial charge on any atom is 0.485 e. The van der Waals surface area contributed by atoms with Crippen LogP contribution in [0, 0.1) is 0 Å². The van der Waals surface area contributed by atoms with E-state index < -0.39 is 31.3 Å². The quantitative estimate of drug-likeness (QED) is 0.270. The van der Waals surface area contributed by atoms with Crippen LogP contribution in [0.2, 0.25) is 0 Å². The van der Waals surface area contributed by atoms with Crippen molar-refractivity contribution in [1.29, 1.82) is 0 Å². The average Bonchev–Trinajstić information content (AvgIpc) is 1.77. The summed E-state index contributed by atoms with van der Waals surface area (Å²) in [6.07, 6.45) is 0. The summed E-state index contributed by atoms with van der Waals surface area (Å²) in [4.78, 5) is 0. The molecule has 0 saturated carbocycles. The summed E-state index contributed by atoms with van der Waals surface area (Å²) < 4.78 is 118. The minimum absolute atomic E-state index is 0. The fraction of sp³-hybridized carbons (Fsp3) is 1.00. The molecule has 0 aliphatic carbocycles. The molecule has 0 N–H and O–H groups in total. The van der Waals surface area contributed by atoms with Crippen LogP contribution in [0.1, 0.15) is 0 Å². The summed E-state index contributed by atoms with van der Waals surface area (Å²) in [7, 11) is -12.2. The molecule has 0 saturated heterocycles. The van der Waals surface area contributed by atoms with Crippen LogP contribution in [0.25, 0.3) is 0 Å². The Morgan fingerprint density at radius 2 is 0.706 bits per heavy atom. The Balaban J connectivity index is -0.000000218. The molecule has 0 spiro atoms. The Morgan fingerprint density at radius 3 is 0.706 bits per heavy atom. The van der Waals surface area contributed by atoms with E-state index in [-0.39, 0.29) is 20.1 Å². The standard InChI is InChI=1S/2CHF3O3S.Ir/c2*2-1(3,4)8(5,6)7;/h2*(H,5,6,7);/p-2. The van der Waals surface area contributed by atoms with Gasteiger partial charge in [0.1, 0.15) is 0 Å². The van der Waals surface area contributed by atoms with Gasteiger partial charge < -0.3 is 9.11 Å². The first-order valence-electron chi connectivity index (χ1n) is 2.54. The van der Waals surface area contributed by atoms with Crippen molar-refractivity contribution in [3.63, 3.8) is 0 Å². The first-order chi connectivity index (χ1) is 6.50. The van der Waals surface area contributed by atoms with Crippen LogP contribution in [0.4, 0.5) is 26.3 Å². The molecule has 6 nitrogen and oxygen atoms in total. The molecule has 109 valence electrons. The van der Waals surface area contributed by atoms with Crippen molar-refractivity contribution < 1.29 is 72.4 Å². The number of halogens is 6. The van der Waals surface area contributed by atoms with E-state index in [0.717, 1.165) is 0 Å². The predicted molar refractivity (Wildman–Crippen MR) is 31.5 cm³/mol. The zero-order valence-corrected chi connectivity index (χ0v) is 10.9. The number of rotatable bonds is 0. The molecule has 0 aliphatic rings. The van der Waals surface area contributed by atoms with Crippen molar-refractivity contribution in [3.8, 4) is 0 Å². The Hall–Kier alpha value is 0.0494. The van der Waals surface area contributed by atoms with Gasteiger partial charge in [-0.2, -0.15) is 26.3 Å². The van der Waals surface area contributed by atoms with E-state index in [2.05, 4.69) is 0 Å². The normalized spacial score (nSPS) is 13.2. The monoisotopic (exact) mass is 491 g/mol. The van der Waals surface area contributed by atoms with Crippen LogP contribution < -0.4 is 0 Å². The van der Waals surface area contributed by atoms with Gasteiger partial charge in [0.15, 0.2) is 20.2 Å². The van der Waals surface area contributed by atoms with Gasteiger partial charge in [-0.15, -0.1) is 0 Å². The van der Waals surface area contributed by atoms with Crippen molar-refractivity contribution in [2.24, 2.45) is 0 Å². The minimum atomic E-state index is -6.09. The van der Waals surface area contributed by atoms with Gasteiger partial charge in [-0.1, -0.05) is 0 Å². The second-order valence-corrected chi connectivity index (χ2v) is 4.54. The Kier molecular flexibility index (Phi) is 8.23. The van der Waals surface area contributed by atoms with Crippen LogP contribution in [0.15, 0.2) is 0 Å². The number of hydrogen-bond acceptors (Lipinski definition) is 6. The van der Waals surface area contributed by atoms with Gasteiger partial charge in [0.05, 0.1) is 0 Å². The SMILES string of the molecule is O=S(=O)([O-])C(F)(F)F.O=S(=O)([O-])C(F)(F)F.[Ir]. The summed E-state index contributed by atoms with van der Waals surface area (Å²) >= 11 is 0. The first-order valence-corrected chi connectivity index (χ1v) is 5.36. The number of alkyl halides is 6. The maximum absolute atomic E-state index is 10.7. The van der Waals surface area contributed by atoms with Crippen LogP contribution in [0.3, 0.4) is 0 Å². The molecule has 0 aliphatic heterocycles. The molecular formula is C2F6IrO6S2-2. The Bertz CT molecular complexity index is 374. The molecule has 17 heavy (non-hydrogen) atoms. The first kappa shape index (κ1) is 22.2. The molecule has 0 fully saturated rings.